The minimum Gasteiger partial charge on any atom is -0.397 e. The van der Waals surface area contributed by atoms with Crippen LogP contribution >= 0.6 is 11.3 Å². The lowest BCUT2D eigenvalue weighted by molar-refractivity contribution is -0.171. The fourth-order valence-corrected chi connectivity index (χ4v) is 3.35. The molecule has 100 valence electrons. The number of nitrogens with two attached hydrogens (primary N) is 1. The van der Waals surface area contributed by atoms with Gasteiger partial charge in [0.05, 0.1) is 16.9 Å². The first kappa shape index (κ1) is 13.4. The van der Waals surface area contributed by atoms with Crippen LogP contribution in [0.3, 0.4) is 0 Å². The maximum absolute atomic E-state index is 12.5. The maximum atomic E-state index is 12.5. The second-order valence-electron chi connectivity index (χ2n) is 5.99. The lowest BCUT2D eigenvalue weighted by Gasteiger charge is -2.47. The topological polar surface area (TPSA) is 55.6 Å². The maximum Gasteiger partial charge on any atom is 0.266 e. The van der Waals surface area contributed by atoms with E-state index in [4.69, 9.17) is 10.5 Å². The third-order valence-corrected chi connectivity index (χ3v) is 3.79. The number of anilines is 1. The molecular weight excluding hydrogens is 248 g/mol. The van der Waals surface area contributed by atoms with Gasteiger partial charge in [0.15, 0.2) is 0 Å². The van der Waals surface area contributed by atoms with Crippen molar-refractivity contribution in [3.8, 4) is 0 Å². The quantitative estimate of drug-likeness (QED) is 0.850. The standard InChI is InChI=1S/C13H20N2O2S/c1-12(2)7-15(8-13(3,4)17-12)11(16)10-9(14)5-6-18-10/h5-6H,7-8,14H2,1-4H3. The second kappa shape index (κ2) is 4.24. The summed E-state index contributed by atoms with van der Waals surface area (Å²) in [6, 6.07) is 1.77. The highest BCUT2D eigenvalue weighted by Crippen LogP contribution is 2.30. The molecule has 18 heavy (non-hydrogen) atoms. The predicted octanol–water partition coefficient (Wildman–Crippen LogP) is 2.36. The van der Waals surface area contributed by atoms with Crippen molar-refractivity contribution in [2.24, 2.45) is 0 Å². The molecule has 2 N–H and O–H groups in total. The number of carbonyl (C=O) groups is 1. The van der Waals surface area contributed by atoms with Crippen LogP contribution < -0.4 is 5.73 Å². The summed E-state index contributed by atoms with van der Waals surface area (Å²) in [6.45, 7) is 9.20. The average molecular weight is 268 g/mol. The van der Waals surface area contributed by atoms with Crippen LogP contribution in [0.5, 0.6) is 0 Å². The van der Waals surface area contributed by atoms with Crippen LogP contribution in [0.1, 0.15) is 37.4 Å². The van der Waals surface area contributed by atoms with Gasteiger partial charge in [-0.1, -0.05) is 0 Å². The minimum atomic E-state index is -0.330. The molecule has 0 unspecified atom stereocenters. The van der Waals surface area contributed by atoms with Gasteiger partial charge >= 0.3 is 0 Å². The molecule has 1 amide bonds. The zero-order chi connectivity index (χ0) is 13.6. The number of hydrogen-bond donors (Lipinski definition) is 1. The van der Waals surface area contributed by atoms with E-state index in [1.165, 1.54) is 11.3 Å². The number of hydrogen-bond acceptors (Lipinski definition) is 4. The predicted molar refractivity (Wildman–Crippen MR) is 73.9 cm³/mol. The van der Waals surface area contributed by atoms with E-state index < -0.39 is 0 Å². The molecule has 1 saturated heterocycles. The number of nitrogens with zero attached hydrogens (tertiary/aromatic N) is 1. The smallest absolute Gasteiger partial charge is 0.266 e. The SMILES string of the molecule is CC1(C)CN(C(=O)c2sccc2N)CC(C)(C)O1. The number of carbonyl (C=O) groups excluding carboxylic acids is 1. The van der Waals surface area contributed by atoms with Crippen molar-refractivity contribution in [2.75, 3.05) is 18.8 Å². The van der Waals surface area contributed by atoms with Gasteiger partial charge in [0.25, 0.3) is 5.91 Å². The second-order valence-corrected chi connectivity index (χ2v) is 6.90. The lowest BCUT2D eigenvalue weighted by Crippen LogP contribution is -2.58. The van der Waals surface area contributed by atoms with Crippen molar-refractivity contribution in [1.82, 2.24) is 4.90 Å². The van der Waals surface area contributed by atoms with Crippen LogP contribution in [0.15, 0.2) is 11.4 Å². The molecule has 1 aromatic rings. The summed E-state index contributed by atoms with van der Waals surface area (Å²) < 4.78 is 5.97. The Labute approximate surface area is 112 Å². The molecular formula is C13H20N2O2S. The van der Waals surface area contributed by atoms with E-state index >= 15 is 0 Å². The van der Waals surface area contributed by atoms with E-state index in [0.717, 1.165) is 0 Å². The van der Waals surface area contributed by atoms with Crippen LogP contribution in [0.4, 0.5) is 5.69 Å². The van der Waals surface area contributed by atoms with Gasteiger partial charge in [-0.15, -0.1) is 11.3 Å². The number of morpholine rings is 1. The van der Waals surface area contributed by atoms with Crippen molar-refractivity contribution in [3.05, 3.63) is 16.3 Å². The molecule has 0 saturated carbocycles. The van der Waals surface area contributed by atoms with Gasteiger partial charge in [-0.05, 0) is 39.1 Å². The Kier molecular flexibility index (Phi) is 3.15. The third-order valence-electron chi connectivity index (χ3n) is 2.87. The molecule has 0 spiro atoms. The van der Waals surface area contributed by atoms with Crippen molar-refractivity contribution >= 4 is 22.9 Å². The Hall–Kier alpha value is -1.07. The fraction of sp³-hybridized carbons (Fsp3) is 0.615. The van der Waals surface area contributed by atoms with Crippen LogP contribution in [0.2, 0.25) is 0 Å². The number of rotatable bonds is 1. The van der Waals surface area contributed by atoms with Gasteiger partial charge in [0, 0.05) is 13.1 Å². The van der Waals surface area contributed by atoms with E-state index in [1.807, 2.05) is 38.0 Å². The molecule has 1 fully saturated rings. The molecule has 0 aliphatic carbocycles. The molecule has 0 bridgehead atoms. The Morgan fingerprint density at radius 1 is 1.33 bits per heavy atom. The molecule has 0 atom stereocenters. The number of ether oxygens (including phenoxy) is 1. The fourth-order valence-electron chi connectivity index (χ4n) is 2.57. The number of thiophene rings is 1. The van der Waals surface area contributed by atoms with Gasteiger partial charge < -0.3 is 15.4 Å². The Morgan fingerprint density at radius 3 is 2.33 bits per heavy atom. The average Bonchev–Trinajstić information content (AvgIpc) is 2.58. The monoisotopic (exact) mass is 268 g/mol. The van der Waals surface area contributed by atoms with Gasteiger partial charge in [0.1, 0.15) is 4.88 Å². The van der Waals surface area contributed by atoms with Crippen molar-refractivity contribution in [1.29, 1.82) is 0 Å². The zero-order valence-electron chi connectivity index (χ0n) is 11.3. The van der Waals surface area contributed by atoms with Gasteiger partial charge in [-0.25, -0.2) is 0 Å². The lowest BCUT2D eigenvalue weighted by atomic mass is 9.99. The third kappa shape index (κ3) is 2.67. The van der Waals surface area contributed by atoms with Crippen molar-refractivity contribution < 1.29 is 9.53 Å². The molecule has 4 nitrogen and oxygen atoms in total. The first-order chi connectivity index (χ1) is 8.20. The van der Waals surface area contributed by atoms with Crippen LogP contribution in [0, 0.1) is 0 Å². The Balaban J connectivity index is 2.23. The highest BCUT2D eigenvalue weighted by Gasteiger charge is 2.40. The highest BCUT2D eigenvalue weighted by atomic mass is 32.1. The molecule has 0 radical (unpaired) electrons. The molecule has 2 heterocycles. The van der Waals surface area contributed by atoms with E-state index in [9.17, 15) is 4.79 Å². The van der Waals surface area contributed by atoms with E-state index in [-0.39, 0.29) is 17.1 Å². The van der Waals surface area contributed by atoms with E-state index in [1.54, 1.807) is 6.07 Å². The van der Waals surface area contributed by atoms with Crippen molar-refractivity contribution in [2.45, 2.75) is 38.9 Å². The van der Waals surface area contributed by atoms with Gasteiger partial charge in [0.2, 0.25) is 0 Å². The molecule has 2 rings (SSSR count). The molecule has 0 aromatic carbocycles. The first-order valence-electron chi connectivity index (χ1n) is 6.03. The van der Waals surface area contributed by atoms with Crippen LogP contribution in [-0.4, -0.2) is 35.1 Å². The first-order valence-corrected chi connectivity index (χ1v) is 6.91. The van der Waals surface area contributed by atoms with E-state index in [2.05, 4.69) is 0 Å². The summed E-state index contributed by atoms with van der Waals surface area (Å²) in [5, 5.41) is 1.85. The summed E-state index contributed by atoms with van der Waals surface area (Å²) in [6.07, 6.45) is 0. The zero-order valence-corrected chi connectivity index (χ0v) is 12.1. The summed E-state index contributed by atoms with van der Waals surface area (Å²) in [4.78, 5) is 14.9. The number of nitrogen functional groups attached to an aromatic ring is 1. The Morgan fingerprint density at radius 2 is 1.89 bits per heavy atom. The minimum absolute atomic E-state index is 0.00644. The van der Waals surface area contributed by atoms with Crippen molar-refractivity contribution in [3.63, 3.8) is 0 Å². The van der Waals surface area contributed by atoms with E-state index in [0.29, 0.717) is 23.7 Å². The summed E-state index contributed by atoms with van der Waals surface area (Å²) in [5.41, 5.74) is 5.72. The number of amides is 1. The molecule has 1 aliphatic rings. The van der Waals surface area contributed by atoms with Gasteiger partial charge in [-0.2, -0.15) is 0 Å². The largest absolute Gasteiger partial charge is 0.397 e. The molecule has 1 aliphatic heterocycles. The normalized spacial score (nSPS) is 21.9. The molecule has 1 aromatic heterocycles. The summed E-state index contributed by atoms with van der Waals surface area (Å²) in [7, 11) is 0. The van der Waals surface area contributed by atoms with Crippen LogP contribution in [0.25, 0.3) is 0 Å². The summed E-state index contributed by atoms with van der Waals surface area (Å²) in [5.74, 6) is 0.00644. The van der Waals surface area contributed by atoms with Crippen LogP contribution in [-0.2, 0) is 4.74 Å². The Bertz CT molecular complexity index is 449. The van der Waals surface area contributed by atoms with Gasteiger partial charge in [-0.3, -0.25) is 4.79 Å². The summed E-state index contributed by atoms with van der Waals surface area (Å²) >= 11 is 1.39. The highest BCUT2D eigenvalue weighted by molar-refractivity contribution is 7.12. The molecule has 5 heteroatoms.